The quantitative estimate of drug-likeness (QED) is 0.628. The molecule has 1 fully saturated rings. The fourth-order valence-electron chi connectivity index (χ4n) is 1.47. The van der Waals surface area contributed by atoms with E-state index in [9.17, 15) is 13.5 Å². The fraction of sp³-hybridized carbons (Fsp3) is 1.00. The second-order valence-electron chi connectivity index (χ2n) is 3.45. The van der Waals surface area contributed by atoms with Gasteiger partial charge in [-0.25, -0.2) is 13.6 Å². The zero-order valence-electron chi connectivity index (χ0n) is 7.68. The Hall–Kier alpha value is -0.170. The molecule has 2 unspecified atom stereocenters. The Morgan fingerprint density at radius 3 is 2.23 bits per heavy atom. The summed E-state index contributed by atoms with van der Waals surface area (Å²) in [5, 5.41) is 13.6. The minimum Gasteiger partial charge on any atom is -0.377 e. The molecular formula is C7H16N2O3S. The van der Waals surface area contributed by atoms with Crippen LogP contribution in [0.2, 0.25) is 0 Å². The van der Waals surface area contributed by atoms with E-state index in [1.165, 1.54) is 6.92 Å². The van der Waals surface area contributed by atoms with Gasteiger partial charge in [0.25, 0.3) is 0 Å². The van der Waals surface area contributed by atoms with E-state index in [4.69, 9.17) is 5.14 Å². The van der Waals surface area contributed by atoms with Crippen LogP contribution in [0.4, 0.5) is 0 Å². The van der Waals surface area contributed by atoms with Crippen molar-refractivity contribution in [3.05, 3.63) is 0 Å². The normalized spacial score (nSPS) is 24.5. The molecule has 3 N–H and O–H groups in total. The molecule has 5 nitrogen and oxygen atoms in total. The maximum Gasteiger partial charge on any atom is 0.215 e. The van der Waals surface area contributed by atoms with Crippen LogP contribution >= 0.6 is 0 Å². The van der Waals surface area contributed by atoms with E-state index in [0.717, 1.165) is 25.9 Å². The van der Waals surface area contributed by atoms with Gasteiger partial charge in [-0.3, -0.25) is 4.90 Å². The standard InChI is InChI=1S/C7H16N2O3S/c1-6(13(8,11)12)7(10)9-4-2-3-5-9/h6-7,10H,2-5H2,1H3,(H2,8,11,12). The van der Waals surface area contributed by atoms with E-state index >= 15 is 0 Å². The molecule has 1 heterocycles. The SMILES string of the molecule is CC(C(O)N1CCCC1)S(N)(=O)=O. The van der Waals surface area contributed by atoms with Gasteiger partial charge >= 0.3 is 0 Å². The molecule has 78 valence electrons. The second-order valence-corrected chi connectivity index (χ2v) is 5.37. The highest BCUT2D eigenvalue weighted by Gasteiger charge is 2.30. The van der Waals surface area contributed by atoms with Gasteiger partial charge in [-0.15, -0.1) is 0 Å². The number of hydrogen-bond acceptors (Lipinski definition) is 4. The van der Waals surface area contributed by atoms with Gasteiger partial charge in [0.2, 0.25) is 10.0 Å². The molecule has 0 spiro atoms. The van der Waals surface area contributed by atoms with Gasteiger partial charge in [-0.1, -0.05) is 0 Å². The van der Waals surface area contributed by atoms with Crippen molar-refractivity contribution in [3.8, 4) is 0 Å². The average molecular weight is 208 g/mol. The first-order chi connectivity index (χ1) is 5.93. The van der Waals surface area contributed by atoms with Crippen molar-refractivity contribution in [1.82, 2.24) is 4.90 Å². The van der Waals surface area contributed by atoms with Crippen LogP contribution in [0.15, 0.2) is 0 Å². The lowest BCUT2D eigenvalue weighted by Gasteiger charge is -2.26. The molecule has 0 aromatic carbocycles. The van der Waals surface area contributed by atoms with Crippen LogP contribution in [-0.4, -0.2) is 43.0 Å². The molecule has 0 aliphatic carbocycles. The molecule has 2 atom stereocenters. The lowest BCUT2D eigenvalue weighted by Crippen LogP contribution is -2.46. The molecule has 1 aliphatic rings. The third-order valence-electron chi connectivity index (χ3n) is 2.45. The summed E-state index contributed by atoms with van der Waals surface area (Å²) < 4.78 is 21.8. The minimum atomic E-state index is -3.63. The number of aliphatic hydroxyl groups excluding tert-OH is 1. The summed E-state index contributed by atoms with van der Waals surface area (Å²) in [5.41, 5.74) is 0. The number of sulfonamides is 1. The van der Waals surface area contributed by atoms with Gasteiger partial charge in [0.15, 0.2) is 0 Å². The predicted octanol–water partition coefficient (Wildman–Crippen LogP) is -0.922. The molecule has 0 saturated carbocycles. The van der Waals surface area contributed by atoms with Crippen LogP contribution < -0.4 is 5.14 Å². The van der Waals surface area contributed by atoms with Crippen LogP contribution in [0.3, 0.4) is 0 Å². The van der Waals surface area contributed by atoms with E-state index in [2.05, 4.69) is 0 Å². The zero-order valence-corrected chi connectivity index (χ0v) is 8.50. The molecule has 1 saturated heterocycles. The smallest absolute Gasteiger partial charge is 0.215 e. The molecule has 13 heavy (non-hydrogen) atoms. The Bertz CT molecular complexity index is 259. The van der Waals surface area contributed by atoms with Crippen molar-refractivity contribution in [2.24, 2.45) is 5.14 Å². The van der Waals surface area contributed by atoms with Gasteiger partial charge in [0.05, 0.1) is 0 Å². The molecular weight excluding hydrogens is 192 g/mol. The molecule has 0 amide bonds. The average Bonchev–Trinajstić information content (AvgIpc) is 2.51. The maximum absolute atomic E-state index is 10.9. The molecule has 0 bridgehead atoms. The van der Waals surface area contributed by atoms with Gasteiger partial charge in [0.1, 0.15) is 11.5 Å². The van der Waals surface area contributed by atoms with Crippen LogP contribution in [-0.2, 0) is 10.0 Å². The Labute approximate surface area is 78.6 Å². The summed E-state index contributed by atoms with van der Waals surface area (Å²) in [6, 6.07) is 0. The molecule has 6 heteroatoms. The van der Waals surface area contributed by atoms with Crippen LogP contribution in [0.25, 0.3) is 0 Å². The van der Waals surface area contributed by atoms with E-state index < -0.39 is 21.5 Å². The van der Waals surface area contributed by atoms with E-state index in [1.54, 1.807) is 4.90 Å². The Balaban J connectivity index is 2.61. The van der Waals surface area contributed by atoms with Crippen LogP contribution in [0.1, 0.15) is 19.8 Å². The van der Waals surface area contributed by atoms with E-state index in [0.29, 0.717) is 0 Å². The summed E-state index contributed by atoms with van der Waals surface area (Å²) in [5.74, 6) is 0. The van der Waals surface area contributed by atoms with E-state index in [1.807, 2.05) is 0 Å². The Kier molecular flexibility index (Phi) is 3.28. The van der Waals surface area contributed by atoms with Crippen molar-refractivity contribution in [2.45, 2.75) is 31.2 Å². The number of aliphatic hydroxyl groups is 1. The lowest BCUT2D eigenvalue weighted by molar-refractivity contribution is 0.0207. The van der Waals surface area contributed by atoms with Crippen LogP contribution in [0, 0.1) is 0 Å². The zero-order chi connectivity index (χ0) is 10.1. The predicted molar refractivity (Wildman–Crippen MR) is 49.4 cm³/mol. The van der Waals surface area contributed by atoms with Gasteiger partial charge in [-0.2, -0.15) is 0 Å². The number of primary sulfonamides is 1. The fourth-order valence-corrected chi connectivity index (χ4v) is 1.98. The Morgan fingerprint density at radius 1 is 1.38 bits per heavy atom. The third-order valence-corrected chi connectivity index (χ3v) is 3.73. The van der Waals surface area contributed by atoms with Gasteiger partial charge in [0, 0.05) is 13.1 Å². The topological polar surface area (TPSA) is 83.6 Å². The summed E-state index contributed by atoms with van der Waals surface area (Å²) in [7, 11) is -3.63. The van der Waals surface area contributed by atoms with Crippen molar-refractivity contribution in [3.63, 3.8) is 0 Å². The second kappa shape index (κ2) is 3.91. The van der Waals surface area contributed by atoms with Crippen molar-refractivity contribution in [1.29, 1.82) is 0 Å². The highest BCUT2D eigenvalue weighted by molar-refractivity contribution is 7.89. The monoisotopic (exact) mass is 208 g/mol. The Morgan fingerprint density at radius 2 is 1.85 bits per heavy atom. The molecule has 0 aromatic rings. The number of rotatable bonds is 3. The summed E-state index contributed by atoms with van der Waals surface area (Å²) in [4.78, 5) is 1.75. The molecule has 1 aliphatic heterocycles. The van der Waals surface area contributed by atoms with Crippen LogP contribution in [0.5, 0.6) is 0 Å². The number of nitrogens with two attached hydrogens (primary N) is 1. The summed E-state index contributed by atoms with van der Waals surface area (Å²) in [6.45, 7) is 2.93. The highest BCUT2D eigenvalue weighted by atomic mass is 32.2. The maximum atomic E-state index is 10.9. The largest absolute Gasteiger partial charge is 0.377 e. The summed E-state index contributed by atoms with van der Waals surface area (Å²) >= 11 is 0. The van der Waals surface area contributed by atoms with E-state index in [-0.39, 0.29) is 0 Å². The number of nitrogens with zero attached hydrogens (tertiary/aromatic N) is 1. The first kappa shape index (κ1) is 10.9. The first-order valence-corrected chi connectivity index (χ1v) is 5.97. The molecule has 1 rings (SSSR count). The molecule has 0 radical (unpaired) electrons. The highest BCUT2D eigenvalue weighted by Crippen LogP contribution is 2.14. The van der Waals surface area contributed by atoms with Crippen molar-refractivity contribution < 1.29 is 13.5 Å². The number of likely N-dealkylation sites (tertiary alicyclic amines) is 1. The minimum absolute atomic E-state index is 0.751. The summed E-state index contributed by atoms with van der Waals surface area (Å²) in [6.07, 6.45) is 1.06. The molecule has 0 aromatic heterocycles. The third kappa shape index (κ3) is 2.63. The van der Waals surface area contributed by atoms with Crippen molar-refractivity contribution >= 4 is 10.0 Å². The van der Waals surface area contributed by atoms with Gasteiger partial charge in [-0.05, 0) is 19.8 Å². The lowest BCUT2D eigenvalue weighted by atomic mass is 10.4. The number of hydrogen-bond donors (Lipinski definition) is 2. The van der Waals surface area contributed by atoms with Crippen molar-refractivity contribution in [2.75, 3.05) is 13.1 Å². The first-order valence-electron chi connectivity index (χ1n) is 4.36. The van der Waals surface area contributed by atoms with Gasteiger partial charge < -0.3 is 5.11 Å².